The fraction of sp³-hybridized carbons (Fsp3) is 0.667. The van der Waals surface area contributed by atoms with E-state index < -0.39 is 11.9 Å². The van der Waals surface area contributed by atoms with Crippen molar-refractivity contribution in [1.82, 2.24) is 15.3 Å². The Morgan fingerprint density at radius 2 is 2.16 bits per heavy atom. The standard InChI is InChI=1S/C15H22F3N5OS/c1-10-5-3-4-7-23(10)12-9-11(15(16,17)18)20-13(21-12)22-14(25)19-6-8-24-2/h9-10H,3-8H2,1-2H3,(H2,19,20,21,22,25)/t10-/m0/s1. The first-order valence-corrected chi connectivity index (χ1v) is 8.49. The molecule has 1 aromatic rings. The number of nitrogens with one attached hydrogen (secondary N) is 2. The zero-order valence-corrected chi connectivity index (χ0v) is 15.0. The van der Waals surface area contributed by atoms with Crippen LogP contribution in [0, 0.1) is 0 Å². The summed E-state index contributed by atoms with van der Waals surface area (Å²) in [5, 5.41) is 5.59. The van der Waals surface area contributed by atoms with Crippen LogP contribution in [0.25, 0.3) is 0 Å². The minimum atomic E-state index is -4.56. The van der Waals surface area contributed by atoms with Gasteiger partial charge in [0.1, 0.15) is 5.82 Å². The number of ether oxygens (including phenoxy) is 1. The molecule has 1 aromatic heterocycles. The fourth-order valence-corrected chi connectivity index (χ4v) is 2.83. The largest absolute Gasteiger partial charge is 0.433 e. The van der Waals surface area contributed by atoms with Crippen molar-refractivity contribution >= 4 is 29.1 Å². The molecule has 1 saturated heterocycles. The fourth-order valence-electron chi connectivity index (χ4n) is 2.63. The van der Waals surface area contributed by atoms with Gasteiger partial charge in [0, 0.05) is 32.3 Å². The zero-order valence-electron chi connectivity index (χ0n) is 14.2. The van der Waals surface area contributed by atoms with E-state index in [0.717, 1.165) is 25.3 Å². The number of thiocarbonyl (C=S) groups is 1. The first-order chi connectivity index (χ1) is 11.8. The van der Waals surface area contributed by atoms with Crippen molar-refractivity contribution in [3.63, 3.8) is 0 Å². The molecule has 1 atom stereocenters. The van der Waals surface area contributed by atoms with Crippen molar-refractivity contribution in [3.05, 3.63) is 11.8 Å². The third-order valence-corrected chi connectivity index (χ3v) is 4.16. The number of halogens is 3. The number of anilines is 2. The second kappa shape index (κ2) is 8.61. The summed E-state index contributed by atoms with van der Waals surface area (Å²) in [6.07, 6.45) is -1.65. The van der Waals surface area contributed by atoms with Gasteiger partial charge in [0.05, 0.1) is 6.61 Å². The lowest BCUT2D eigenvalue weighted by atomic mass is 10.0. The number of aromatic nitrogens is 2. The molecule has 1 aliphatic heterocycles. The lowest BCUT2D eigenvalue weighted by molar-refractivity contribution is -0.141. The summed E-state index contributed by atoms with van der Waals surface area (Å²) < 4.78 is 44.5. The normalized spacial score (nSPS) is 18.1. The monoisotopic (exact) mass is 377 g/mol. The van der Waals surface area contributed by atoms with Gasteiger partial charge in [0.25, 0.3) is 0 Å². The predicted octanol–water partition coefficient (Wildman–Crippen LogP) is 2.81. The predicted molar refractivity (Wildman–Crippen MR) is 93.8 cm³/mol. The van der Waals surface area contributed by atoms with Crippen LogP contribution in [-0.4, -0.2) is 47.9 Å². The van der Waals surface area contributed by atoms with Crippen molar-refractivity contribution in [2.24, 2.45) is 0 Å². The van der Waals surface area contributed by atoms with Gasteiger partial charge in [0.2, 0.25) is 5.95 Å². The molecule has 0 aliphatic carbocycles. The van der Waals surface area contributed by atoms with Crippen molar-refractivity contribution in [2.75, 3.05) is 37.0 Å². The maximum absolute atomic E-state index is 13.2. The van der Waals surface area contributed by atoms with E-state index in [-0.39, 0.29) is 22.9 Å². The van der Waals surface area contributed by atoms with Crippen LogP contribution in [0.3, 0.4) is 0 Å². The number of methoxy groups -OCH3 is 1. The van der Waals surface area contributed by atoms with Gasteiger partial charge in [-0.1, -0.05) is 0 Å². The van der Waals surface area contributed by atoms with Crippen LogP contribution in [0.2, 0.25) is 0 Å². The molecular formula is C15H22F3N5OS. The summed E-state index contributed by atoms with van der Waals surface area (Å²) in [7, 11) is 1.54. The topological polar surface area (TPSA) is 62.3 Å². The van der Waals surface area contributed by atoms with Crippen LogP contribution in [0.15, 0.2) is 6.07 Å². The molecule has 0 aromatic carbocycles. The minimum Gasteiger partial charge on any atom is -0.383 e. The van der Waals surface area contributed by atoms with E-state index in [1.54, 1.807) is 7.11 Å². The molecule has 25 heavy (non-hydrogen) atoms. The summed E-state index contributed by atoms with van der Waals surface area (Å²) in [6.45, 7) is 3.50. The van der Waals surface area contributed by atoms with Crippen molar-refractivity contribution in [3.8, 4) is 0 Å². The summed E-state index contributed by atoms with van der Waals surface area (Å²) in [6, 6.07) is 1.12. The molecule has 1 fully saturated rings. The first-order valence-electron chi connectivity index (χ1n) is 8.08. The summed E-state index contributed by atoms with van der Waals surface area (Å²) >= 11 is 5.06. The summed E-state index contributed by atoms with van der Waals surface area (Å²) in [4.78, 5) is 9.68. The van der Waals surface area contributed by atoms with Gasteiger partial charge < -0.3 is 20.3 Å². The van der Waals surface area contributed by atoms with E-state index in [4.69, 9.17) is 17.0 Å². The molecular weight excluding hydrogens is 355 g/mol. The second-order valence-electron chi connectivity index (χ2n) is 5.84. The number of hydrogen-bond donors (Lipinski definition) is 2. The SMILES string of the molecule is COCCNC(=S)Nc1nc(N2CCCC[C@@H]2C)cc(C(F)(F)F)n1. The molecule has 0 bridgehead atoms. The molecule has 0 unspecified atom stereocenters. The molecule has 0 saturated carbocycles. The number of piperidine rings is 1. The average Bonchev–Trinajstić information content (AvgIpc) is 2.54. The van der Waals surface area contributed by atoms with Crippen LogP contribution in [0.1, 0.15) is 31.9 Å². The Morgan fingerprint density at radius 3 is 2.80 bits per heavy atom. The average molecular weight is 377 g/mol. The number of rotatable bonds is 5. The van der Waals surface area contributed by atoms with Gasteiger partial charge in [-0.25, -0.2) is 4.98 Å². The molecule has 1 aliphatic rings. The zero-order chi connectivity index (χ0) is 18.4. The third kappa shape index (κ3) is 5.67. The maximum Gasteiger partial charge on any atom is 0.433 e. The lowest BCUT2D eigenvalue weighted by Gasteiger charge is -2.34. The lowest BCUT2D eigenvalue weighted by Crippen LogP contribution is -2.38. The number of alkyl halides is 3. The molecule has 2 rings (SSSR count). The highest BCUT2D eigenvalue weighted by Gasteiger charge is 2.35. The Labute approximate surface area is 150 Å². The molecule has 0 spiro atoms. The quantitative estimate of drug-likeness (QED) is 0.604. The van der Waals surface area contributed by atoms with E-state index in [2.05, 4.69) is 20.6 Å². The van der Waals surface area contributed by atoms with Crippen LogP contribution in [-0.2, 0) is 10.9 Å². The number of hydrogen-bond acceptors (Lipinski definition) is 5. The second-order valence-corrected chi connectivity index (χ2v) is 6.25. The Balaban J connectivity index is 2.23. The van der Waals surface area contributed by atoms with Gasteiger partial charge in [-0.05, 0) is 38.4 Å². The highest BCUT2D eigenvalue weighted by atomic mass is 32.1. The van der Waals surface area contributed by atoms with Crippen molar-refractivity contribution in [1.29, 1.82) is 0 Å². The maximum atomic E-state index is 13.2. The molecule has 0 amide bonds. The Morgan fingerprint density at radius 1 is 1.40 bits per heavy atom. The third-order valence-electron chi connectivity index (χ3n) is 3.92. The smallest absolute Gasteiger partial charge is 0.383 e. The Bertz CT molecular complexity index is 599. The van der Waals surface area contributed by atoms with E-state index in [1.807, 2.05) is 11.8 Å². The molecule has 140 valence electrons. The molecule has 0 radical (unpaired) electrons. The highest BCUT2D eigenvalue weighted by Crippen LogP contribution is 2.32. The van der Waals surface area contributed by atoms with Crippen molar-refractivity contribution in [2.45, 2.75) is 38.4 Å². The molecule has 2 heterocycles. The van der Waals surface area contributed by atoms with Gasteiger partial charge in [0.15, 0.2) is 10.8 Å². The van der Waals surface area contributed by atoms with Gasteiger partial charge in [-0.15, -0.1) is 0 Å². The van der Waals surface area contributed by atoms with Crippen LogP contribution in [0.5, 0.6) is 0 Å². The number of nitrogens with zero attached hydrogens (tertiary/aromatic N) is 3. The highest BCUT2D eigenvalue weighted by molar-refractivity contribution is 7.80. The first kappa shape index (κ1) is 19.6. The van der Waals surface area contributed by atoms with Crippen LogP contribution >= 0.6 is 12.2 Å². The minimum absolute atomic E-state index is 0.129. The van der Waals surface area contributed by atoms with Crippen LogP contribution in [0.4, 0.5) is 24.9 Å². The van der Waals surface area contributed by atoms with Gasteiger partial charge in [-0.3, -0.25) is 0 Å². The van der Waals surface area contributed by atoms with Gasteiger partial charge >= 0.3 is 6.18 Å². The van der Waals surface area contributed by atoms with E-state index >= 15 is 0 Å². The molecule has 2 N–H and O–H groups in total. The van der Waals surface area contributed by atoms with Crippen molar-refractivity contribution < 1.29 is 17.9 Å². The summed E-state index contributed by atoms with van der Waals surface area (Å²) in [5.74, 6) is 0.0919. The van der Waals surface area contributed by atoms with E-state index in [9.17, 15) is 13.2 Å². The Kier molecular flexibility index (Phi) is 6.77. The summed E-state index contributed by atoms with van der Waals surface area (Å²) in [5.41, 5.74) is -0.988. The van der Waals surface area contributed by atoms with E-state index in [0.29, 0.717) is 19.7 Å². The Hall–Kier alpha value is -1.68. The van der Waals surface area contributed by atoms with E-state index in [1.165, 1.54) is 0 Å². The van der Waals surface area contributed by atoms with Crippen LogP contribution < -0.4 is 15.5 Å². The molecule has 6 nitrogen and oxygen atoms in total. The molecule has 10 heteroatoms. The van der Waals surface area contributed by atoms with Gasteiger partial charge in [-0.2, -0.15) is 18.2 Å².